The highest BCUT2D eigenvalue weighted by atomic mass is 79.9. The first-order valence-corrected chi connectivity index (χ1v) is 10.1. The molecule has 2 N–H and O–H groups in total. The summed E-state index contributed by atoms with van der Waals surface area (Å²) in [7, 11) is 0. The lowest BCUT2D eigenvalue weighted by atomic mass is 10.1. The van der Waals surface area contributed by atoms with Crippen LogP contribution in [0.25, 0.3) is 0 Å². The molecule has 3 rings (SSSR count). The quantitative estimate of drug-likeness (QED) is 0.419. The van der Waals surface area contributed by atoms with Gasteiger partial charge in [0.25, 0.3) is 11.7 Å². The second kappa shape index (κ2) is 9.71. The van der Waals surface area contributed by atoms with Crippen molar-refractivity contribution >= 4 is 50.9 Å². The van der Waals surface area contributed by atoms with Crippen LogP contribution in [-0.2, 0) is 11.2 Å². The van der Waals surface area contributed by atoms with Gasteiger partial charge in [-0.2, -0.15) is 8.78 Å². The predicted octanol–water partition coefficient (Wildman–Crippen LogP) is 5.79. The number of carbonyl (C=O) groups excluding carboxylic acids is 2. The van der Waals surface area contributed by atoms with E-state index in [0.717, 1.165) is 0 Å². The molecule has 0 atom stereocenters. The number of anilines is 2. The molecule has 0 radical (unpaired) electrons. The number of rotatable bonds is 7. The summed E-state index contributed by atoms with van der Waals surface area (Å²) in [4.78, 5) is 24.6. The van der Waals surface area contributed by atoms with Crippen molar-refractivity contribution in [3.05, 3.63) is 76.7 Å². The molecule has 2 amide bonds. The molecular weight excluding hydrogens is 466 g/mol. The van der Waals surface area contributed by atoms with Gasteiger partial charge in [-0.15, -0.1) is 0 Å². The third kappa shape index (κ3) is 6.16. The minimum absolute atomic E-state index is 0.0625. The van der Waals surface area contributed by atoms with Gasteiger partial charge in [0.1, 0.15) is 0 Å². The third-order valence-electron chi connectivity index (χ3n) is 3.75. The number of amides is 2. The van der Waals surface area contributed by atoms with Gasteiger partial charge in [0.05, 0.1) is 12.1 Å². The van der Waals surface area contributed by atoms with Crippen LogP contribution >= 0.6 is 27.7 Å². The summed E-state index contributed by atoms with van der Waals surface area (Å²) >= 11 is 3.52. The van der Waals surface area contributed by atoms with Gasteiger partial charge in [0.15, 0.2) is 10.4 Å². The summed E-state index contributed by atoms with van der Waals surface area (Å²) in [5.41, 5.74) is 1.60. The largest absolute Gasteiger partial charge is 0.444 e. The number of furan rings is 1. The highest BCUT2D eigenvalue weighted by Crippen LogP contribution is 2.31. The molecule has 0 aliphatic heterocycles. The lowest BCUT2D eigenvalue weighted by Crippen LogP contribution is -2.15. The molecule has 5 nitrogen and oxygen atoms in total. The molecule has 0 saturated heterocycles. The van der Waals surface area contributed by atoms with Crippen molar-refractivity contribution in [2.45, 2.75) is 17.1 Å². The second-order valence-corrected chi connectivity index (χ2v) is 7.67. The molecule has 0 bridgehead atoms. The normalized spacial score (nSPS) is 10.8. The van der Waals surface area contributed by atoms with Crippen LogP contribution in [0.4, 0.5) is 20.2 Å². The van der Waals surface area contributed by atoms with Crippen molar-refractivity contribution in [1.82, 2.24) is 0 Å². The zero-order chi connectivity index (χ0) is 20.8. The zero-order valence-corrected chi connectivity index (χ0v) is 17.2. The van der Waals surface area contributed by atoms with Gasteiger partial charge in [-0.3, -0.25) is 9.59 Å². The Kier molecular flexibility index (Phi) is 7.05. The summed E-state index contributed by atoms with van der Waals surface area (Å²) in [6, 6.07) is 16.3. The Morgan fingerprint density at radius 3 is 2.38 bits per heavy atom. The van der Waals surface area contributed by atoms with Gasteiger partial charge >= 0.3 is 0 Å². The van der Waals surface area contributed by atoms with Gasteiger partial charge in [0.2, 0.25) is 5.91 Å². The van der Waals surface area contributed by atoms with Crippen molar-refractivity contribution in [3.63, 3.8) is 0 Å². The lowest BCUT2D eigenvalue weighted by Gasteiger charge is -2.10. The fraction of sp³-hybridized carbons (Fsp3) is 0.100. The Balaban J connectivity index is 1.58. The van der Waals surface area contributed by atoms with E-state index in [-0.39, 0.29) is 18.1 Å². The van der Waals surface area contributed by atoms with E-state index < -0.39 is 11.7 Å². The van der Waals surface area contributed by atoms with Gasteiger partial charge < -0.3 is 15.1 Å². The van der Waals surface area contributed by atoms with Crippen LogP contribution < -0.4 is 10.6 Å². The summed E-state index contributed by atoms with van der Waals surface area (Å²) in [6.07, 6.45) is 0.0625. The zero-order valence-electron chi connectivity index (χ0n) is 14.8. The van der Waals surface area contributed by atoms with E-state index in [9.17, 15) is 18.4 Å². The topological polar surface area (TPSA) is 71.3 Å². The highest BCUT2D eigenvalue weighted by molar-refractivity contribution is 9.10. The number of thioether (sulfide) groups is 1. The van der Waals surface area contributed by atoms with Crippen LogP contribution in [0.2, 0.25) is 0 Å². The molecule has 0 unspecified atom stereocenters. The Morgan fingerprint density at radius 1 is 1.00 bits per heavy atom. The molecule has 1 heterocycles. The van der Waals surface area contributed by atoms with Crippen molar-refractivity contribution in [3.8, 4) is 0 Å². The number of hydrogen-bond acceptors (Lipinski definition) is 4. The SMILES string of the molecule is O=C(Cc1ccc(NC(=O)c2ccc(Br)o2)cc1)Nc1ccccc1SC(F)F. The highest BCUT2D eigenvalue weighted by Gasteiger charge is 2.13. The van der Waals surface area contributed by atoms with E-state index in [0.29, 0.717) is 38.3 Å². The Hall–Kier alpha value is -2.65. The first-order valence-electron chi connectivity index (χ1n) is 8.40. The number of nitrogens with one attached hydrogen (secondary N) is 2. The first kappa shape index (κ1) is 21.1. The second-order valence-electron chi connectivity index (χ2n) is 5.85. The van der Waals surface area contributed by atoms with E-state index >= 15 is 0 Å². The molecule has 9 heteroatoms. The first-order chi connectivity index (χ1) is 13.9. The predicted molar refractivity (Wildman–Crippen MR) is 111 cm³/mol. The molecule has 0 aliphatic rings. The summed E-state index contributed by atoms with van der Waals surface area (Å²) < 4.78 is 30.9. The number of benzene rings is 2. The number of halogens is 3. The number of hydrogen-bond donors (Lipinski definition) is 2. The molecule has 29 heavy (non-hydrogen) atoms. The summed E-state index contributed by atoms with van der Waals surface area (Å²) in [6.45, 7) is 0. The van der Waals surface area contributed by atoms with E-state index in [4.69, 9.17) is 4.42 Å². The van der Waals surface area contributed by atoms with Crippen LogP contribution in [0.15, 0.2) is 74.6 Å². The Bertz CT molecular complexity index is 1010. The summed E-state index contributed by atoms with van der Waals surface area (Å²) in [5.74, 6) is -3.13. The maximum absolute atomic E-state index is 12.6. The van der Waals surface area contributed by atoms with Crippen molar-refractivity contribution in [2.24, 2.45) is 0 Å². The number of para-hydroxylation sites is 1. The molecule has 2 aromatic carbocycles. The van der Waals surface area contributed by atoms with E-state index in [2.05, 4.69) is 26.6 Å². The summed E-state index contributed by atoms with van der Waals surface area (Å²) in [5, 5.41) is 5.35. The number of alkyl halides is 2. The smallest absolute Gasteiger partial charge is 0.291 e. The van der Waals surface area contributed by atoms with Crippen LogP contribution in [0.3, 0.4) is 0 Å². The maximum Gasteiger partial charge on any atom is 0.291 e. The van der Waals surface area contributed by atoms with E-state index in [1.165, 1.54) is 6.07 Å². The van der Waals surface area contributed by atoms with E-state index in [1.54, 1.807) is 54.6 Å². The van der Waals surface area contributed by atoms with Gasteiger partial charge in [0, 0.05) is 10.6 Å². The fourth-order valence-corrected chi connectivity index (χ4v) is 3.39. The number of carbonyl (C=O) groups is 2. The van der Waals surface area contributed by atoms with E-state index in [1.807, 2.05) is 0 Å². The molecule has 0 aliphatic carbocycles. The Labute approximate surface area is 178 Å². The average molecular weight is 481 g/mol. The maximum atomic E-state index is 12.6. The van der Waals surface area contributed by atoms with Crippen LogP contribution in [0.1, 0.15) is 16.1 Å². The molecule has 1 aromatic heterocycles. The molecule has 3 aromatic rings. The van der Waals surface area contributed by atoms with Crippen molar-refractivity contribution in [1.29, 1.82) is 0 Å². The molecular formula is C20H15BrF2N2O3S. The van der Waals surface area contributed by atoms with Crippen molar-refractivity contribution < 1.29 is 22.8 Å². The molecule has 0 saturated carbocycles. The molecule has 0 spiro atoms. The van der Waals surface area contributed by atoms with Crippen LogP contribution in [0.5, 0.6) is 0 Å². The van der Waals surface area contributed by atoms with Crippen LogP contribution in [-0.4, -0.2) is 17.6 Å². The lowest BCUT2D eigenvalue weighted by molar-refractivity contribution is -0.115. The van der Waals surface area contributed by atoms with Crippen molar-refractivity contribution in [2.75, 3.05) is 10.6 Å². The van der Waals surface area contributed by atoms with Gasteiger partial charge in [-0.1, -0.05) is 36.0 Å². The third-order valence-corrected chi connectivity index (χ3v) is 4.96. The Morgan fingerprint density at radius 2 is 1.72 bits per heavy atom. The van der Waals surface area contributed by atoms with Crippen LogP contribution in [0, 0.1) is 0 Å². The van der Waals surface area contributed by atoms with Gasteiger partial charge in [-0.05, 0) is 57.9 Å². The standard InChI is InChI=1S/C20H15BrF2N2O3S/c21-17-10-9-15(28-17)19(27)24-13-7-5-12(6-8-13)11-18(26)25-14-3-1-2-4-16(14)29-20(22)23/h1-10,20H,11H2,(H,24,27)(H,25,26). The average Bonchev–Trinajstić information content (AvgIpc) is 3.11. The molecule has 150 valence electrons. The minimum Gasteiger partial charge on any atom is -0.444 e. The van der Waals surface area contributed by atoms with Gasteiger partial charge in [-0.25, -0.2) is 0 Å². The fourth-order valence-electron chi connectivity index (χ4n) is 2.48. The molecule has 0 fully saturated rings. The minimum atomic E-state index is -2.57. The monoisotopic (exact) mass is 480 g/mol.